The molecule has 1 heterocycles. The van der Waals surface area contributed by atoms with E-state index in [9.17, 15) is 0 Å². The van der Waals surface area contributed by atoms with Crippen LogP contribution in [0.5, 0.6) is 11.5 Å². The fraction of sp³-hybridized carbons (Fsp3) is 0.300. The van der Waals surface area contributed by atoms with Crippen LogP contribution in [0.4, 0.5) is 0 Å². The van der Waals surface area contributed by atoms with Crippen molar-refractivity contribution in [3.8, 4) is 11.5 Å². The van der Waals surface area contributed by atoms with E-state index in [4.69, 9.17) is 14.2 Å². The van der Waals surface area contributed by atoms with E-state index in [1.807, 2.05) is 24.3 Å². The first kappa shape index (κ1) is 16.2. The highest BCUT2D eigenvalue weighted by Gasteiger charge is 2.12. The monoisotopic (exact) mass is 325 g/mol. The average molecular weight is 325 g/mol. The van der Waals surface area contributed by atoms with Crippen LogP contribution in [-0.2, 0) is 17.6 Å². The van der Waals surface area contributed by atoms with Gasteiger partial charge in [-0.15, -0.1) is 0 Å². The Balaban J connectivity index is 1.59. The second-order valence-corrected chi connectivity index (χ2v) is 5.74. The third-order valence-electron chi connectivity index (χ3n) is 4.02. The van der Waals surface area contributed by atoms with E-state index in [2.05, 4.69) is 29.6 Å². The molecule has 0 saturated carbocycles. The molecule has 1 N–H and O–H groups in total. The molecule has 0 saturated heterocycles. The molecule has 126 valence electrons. The van der Waals surface area contributed by atoms with Crippen LogP contribution in [-0.4, -0.2) is 26.4 Å². The molecule has 4 heteroatoms. The van der Waals surface area contributed by atoms with Crippen molar-refractivity contribution in [2.45, 2.75) is 18.9 Å². The summed E-state index contributed by atoms with van der Waals surface area (Å²) in [5.41, 5.74) is 2.47. The summed E-state index contributed by atoms with van der Waals surface area (Å²) in [6.07, 6.45) is 5.39. The first-order chi connectivity index (χ1) is 11.8. The van der Waals surface area contributed by atoms with Crippen molar-refractivity contribution >= 4 is 0 Å². The number of methoxy groups -OCH3 is 1. The van der Waals surface area contributed by atoms with E-state index < -0.39 is 0 Å². The molecule has 0 amide bonds. The molecule has 1 aliphatic rings. The third-order valence-corrected chi connectivity index (χ3v) is 4.02. The van der Waals surface area contributed by atoms with Gasteiger partial charge in [-0.2, -0.15) is 0 Å². The number of rotatable bonds is 7. The van der Waals surface area contributed by atoms with E-state index in [1.165, 1.54) is 11.1 Å². The molecule has 0 fully saturated rings. The van der Waals surface area contributed by atoms with Gasteiger partial charge in [0.25, 0.3) is 0 Å². The zero-order valence-electron chi connectivity index (χ0n) is 13.9. The van der Waals surface area contributed by atoms with Gasteiger partial charge in [-0.1, -0.05) is 30.3 Å². The fourth-order valence-electron chi connectivity index (χ4n) is 2.69. The van der Waals surface area contributed by atoms with Gasteiger partial charge >= 0.3 is 0 Å². The number of nitrogens with one attached hydrogen (secondary N) is 1. The van der Waals surface area contributed by atoms with Crippen LogP contribution in [0.1, 0.15) is 11.1 Å². The Kier molecular flexibility index (Phi) is 5.61. The quantitative estimate of drug-likeness (QED) is 0.848. The highest BCUT2D eigenvalue weighted by atomic mass is 16.5. The van der Waals surface area contributed by atoms with Crippen LogP contribution < -0.4 is 14.8 Å². The molecule has 24 heavy (non-hydrogen) atoms. The third kappa shape index (κ3) is 4.44. The maximum Gasteiger partial charge on any atom is 0.149 e. The van der Waals surface area contributed by atoms with Crippen LogP contribution in [0.3, 0.4) is 0 Å². The van der Waals surface area contributed by atoms with Crippen molar-refractivity contribution in [3.63, 3.8) is 0 Å². The Morgan fingerprint density at radius 1 is 1.12 bits per heavy atom. The highest BCUT2D eigenvalue weighted by Crippen LogP contribution is 2.22. The van der Waals surface area contributed by atoms with Crippen LogP contribution in [0.15, 0.2) is 61.0 Å². The maximum absolute atomic E-state index is 5.99. The molecule has 0 bridgehead atoms. The molecule has 3 rings (SSSR count). The molecular formula is C20H23NO3. The Morgan fingerprint density at radius 3 is 2.88 bits per heavy atom. The summed E-state index contributed by atoms with van der Waals surface area (Å²) in [6.45, 7) is 1.30. The summed E-state index contributed by atoms with van der Waals surface area (Å²) in [7, 11) is 1.69. The van der Waals surface area contributed by atoms with Crippen LogP contribution in [0.25, 0.3) is 0 Å². The van der Waals surface area contributed by atoms with Crippen LogP contribution >= 0.6 is 0 Å². The topological polar surface area (TPSA) is 39.7 Å². The Hall–Kier alpha value is -2.62. The number of benzene rings is 2. The van der Waals surface area contributed by atoms with Gasteiger partial charge in [-0.3, -0.25) is 0 Å². The SMILES string of the molecule is COc1cccc(CCc2ccccc2OC[C@@H]2CNC=CO2)c1. The standard InChI is InChI=1S/C20H23NO3/c1-22-18-7-4-5-16(13-18)9-10-17-6-2-3-8-20(17)24-15-19-14-21-11-12-23-19/h2-8,11-13,19,21H,9-10,14-15H2,1H3/t19-/m0/s1. The van der Waals surface area contributed by atoms with Crippen LogP contribution in [0, 0.1) is 0 Å². The van der Waals surface area contributed by atoms with Crippen molar-refractivity contribution in [1.29, 1.82) is 0 Å². The molecule has 2 aromatic rings. The molecule has 0 aromatic heterocycles. The lowest BCUT2D eigenvalue weighted by Gasteiger charge is -2.21. The number of aryl methyl sites for hydroxylation is 2. The lowest BCUT2D eigenvalue weighted by Crippen LogP contribution is -2.33. The summed E-state index contributed by atoms with van der Waals surface area (Å²) < 4.78 is 16.8. The van der Waals surface area contributed by atoms with Crippen LogP contribution in [0.2, 0.25) is 0 Å². The zero-order valence-corrected chi connectivity index (χ0v) is 13.9. The van der Waals surface area contributed by atoms with Gasteiger partial charge < -0.3 is 19.5 Å². The predicted molar refractivity (Wildman–Crippen MR) is 94.4 cm³/mol. The van der Waals surface area contributed by atoms with Gasteiger partial charge in [0.05, 0.1) is 19.9 Å². The van der Waals surface area contributed by atoms with E-state index in [0.29, 0.717) is 6.61 Å². The Morgan fingerprint density at radius 2 is 2.04 bits per heavy atom. The van der Waals surface area contributed by atoms with E-state index >= 15 is 0 Å². The first-order valence-electron chi connectivity index (χ1n) is 8.22. The van der Waals surface area contributed by atoms with Crippen molar-refractivity contribution in [2.24, 2.45) is 0 Å². The molecule has 0 radical (unpaired) electrons. The van der Waals surface area contributed by atoms with E-state index in [1.54, 1.807) is 19.6 Å². The summed E-state index contributed by atoms with van der Waals surface area (Å²) in [4.78, 5) is 0. The Bertz CT molecular complexity index is 684. The number of ether oxygens (including phenoxy) is 3. The first-order valence-corrected chi connectivity index (χ1v) is 8.22. The lowest BCUT2D eigenvalue weighted by atomic mass is 10.0. The van der Waals surface area contributed by atoms with Crippen molar-refractivity contribution in [1.82, 2.24) is 5.32 Å². The number of hydrogen-bond acceptors (Lipinski definition) is 4. The number of hydrogen-bond donors (Lipinski definition) is 1. The summed E-state index contributed by atoms with van der Waals surface area (Å²) in [5, 5.41) is 3.15. The van der Waals surface area contributed by atoms with Gasteiger partial charge in [0.15, 0.2) is 0 Å². The van der Waals surface area contributed by atoms with Gasteiger partial charge in [0.1, 0.15) is 24.2 Å². The minimum absolute atomic E-state index is 0.0430. The molecular weight excluding hydrogens is 302 g/mol. The van der Waals surface area contributed by atoms with Crippen molar-refractivity contribution in [3.05, 3.63) is 72.1 Å². The molecule has 2 aromatic carbocycles. The van der Waals surface area contributed by atoms with E-state index in [0.717, 1.165) is 30.9 Å². The average Bonchev–Trinajstić information content (AvgIpc) is 2.66. The number of para-hydroxylation sites is 1. The minimum atomic E-state index is 0.0430. The smallest absolute Gasteiger partial charge is 0.149 e. The van der Waals surface area contributed by atoms with E-state index in [-0.39, 0.29) is 6.10 Å². The Labute approximate surface area is 143 Å². The zero-order chi connectivity index (χ0) is 16.6. The molecule has 0 aliphatic carbocycles. The van der Waals surface area contributed by atoms with Crippen molar-refractivity contribution < 1.29 is 14.2 Å². The van der Waals surface area contributed by atoms with Gasteiger partial charge in [0, 0.05) is 6.20 Å². The maximum atomic E-state index is 5.99. The van der Waals surface area contributed by atoms with Gasteiger partial charge in [0.2, 0.25) is 0 Å². The fourth-order valence-corrected chi connectivity index (χ4v) is 2.69. The molecule has 0 spiro atoms. The largest absolute Gasteiger partial charge is 0.497 e. The summed E-state index contributed by atoms with van der Waals surface area (Å²) >= 11 is 0. The molecule has 1 aliphatic heterocycles. The molecule has 1 atom stereocenters. The highest BCUT2D eigenvalue weighted by molar-refractivity contribution is 5.35. The second-order valence-electron chi connectivity index (χ2n) is 5.74. The van der Waals surface area contributed by atoms with Gasteiger partial charge in [-0.05, 0) is 42.2 Å². The lowest BCUT2D eigenvalue weighted by molar-refractivity contribution is 0.0797. The second kappa shape index (κ2) is 8.29. The molecule has 0 unspecified atom stereocenters. The van der Waals surface area contributed by atoms with Crippen molar-refractivity contribution in [2.75, 3.05) is 20.3 Å². The van der Waals surface area contributed by atoms with Gasteiger partial charge in [-0.25, -0.2) is 0 Å². The minimum Gasteiger partial charge on any atom is -0.497 e. The predicted octanol–water partition coefficient (Wildman–Crippen LogP) is 3.32. The summed E-state index contributed by atoms with van der Waals surface area (Å²) in [5.74, 6) is 1.82. The molecule has 4 nitrogen and oxygen atoms in total. The summed E-state index contributed by atoms with van der Waals surface area (Å²) in [6, 6.07) is 16.4. The normalized spacial score (nSPS) is 16.1.